The molecule has 1 N–H and O–H groups in total. The number of aryl methyl sites for hydroxylation is 1. The molecule has 0 spiro atoms. The Bertz CT molecular complexity index is 587. The second kappa shape index (κ2) is 7.77. The molecule has 0 aromatic carbocycles. The molecule has 2 rings (SSSR count). The molecule has 1 aromatic rings. The molecule has 0 bridgehead atoms. The highest BCUT2D eigenvalue weighted by Gasteiger charge is 2.22. The topological polar surface area (TPSA) is 85.2 Å². The Labute approximate surface area is 137 Å². The molecule has 0 radical (unpaired) electrons. The van der Waals surface area contributed by atoms with Gasteiger partial charge in [-0.05, 0) is 25.3 Å². The van der Waals surface area contributed by atoms with Crippen LogP contribution in [0.2, 0.25) is 0 Å². The highest BCUT2D eigenvalue weighted by atomic mass is 16.2. The molecule has 0 atom stereocenters. The summed E-state index contributed by atoms with van der Waals surface area (Å²) in [4.78, 5) is 24.6. The minimum Gasteiger partial charge on any atom is -0.338 e. The first-order valence-electron chi connectivity index (χ1n) is 8.03. The van der Waals surface area contributed by atoms with E-state index in [4.69, 9.17) is 5.26 Å². The molecule has 7 heteroatoms. The average Bonchev–Trinajstić information content (AvgIpc) is 2.54. The van der Waals surface area contributed by atoms with E-state index in [9.17, 15) is 4.79 Å². The maximum absolute atomic E-state index is 12.1. The third kappa shape index (κ3) is 4.81. The van der Waals surface area contributed by atoms with Crippen LogP contribution in [0.3, 0.4) is 0 Å². The third-order valence-electron chi connectivity index (χ3n) is 3.80. The molecule has 23 heavy (non-hydrogen) atoms. The predicted molar refractivity (Wildman–Crippen MR) is 88.1 cm³/mol. The smallest absolute Gasteiger partial charge is 0.317 e. The number of amides is 2. The van der Waals surface area contributed by atoms with Crippen molar-refractivity contribution in [1.82, 2.24) is 20.2 Å². The van der Waals surface area contributed by atoms with Crippen LogP contribution in [0.5, 0.6) is 0 Å². The Morgan fingerprint density at radius 2 is 2.04 bits per heavy atom. The van der Waals surface area contributed by atoms with Gasteiger partial charge in [0.15, 0.2) is 0 Å². The van der Waals surface area contributed by atoms with E-state index >= 15 is 0 Å². The Morgan fingerprint density at radius 3 is 2.65 bits per heavy atom. The summed E-state index contributed by atoms with van der Waals surface area (Å²) in [6.45, 7) is 9.45. The van der Waals surface area contributed by atoms with E-state index in [1.807, 2.05) is 16.7 Å². The Hall–Kier alpha value is -2.36. The van der Waals surface area contributed by atoms with Gasteiger partial charge in [0.1, 0.15) is 11.8 Å². The van der Waals surface area contributed by atoms with E-state index in [2.05, 4.69) is 35.2 Å². The van der Waals surface area contributed by atoms with Crippen molar-refractivity contribution in [3.05, 3.63) is 17.5 Å². The van der Waals surface area contributed by atoms with Crippen molar-refractivity contribution in [1.29, 1.82) is 5.26 Å². The summed E-state index contributed by atoms with van der Waals surface area (Å²) < 4.78 is 0. The van der Waals surface area contributed by atoms with Crippen molar-refractivity contribution in [3.63, 3.8) is 0 Å². The normalized spacial score (nSPS) is 14.7. The number of urea groups is 1. The zero-order valence-corrected chi connectivity index (χ0v) is 14.0. The molecular weight excluding hydrogens is 292 g/mol. The van der Waals surface area contributed by atoms with Crippen molar-refractivity contribution in [2.75, 3.05) is 37.6 Å². The van der Waals surface area contributed by atoms with Gasteiger partial charge in [-0.15, -0.1) is 0 Å². The van der Waals surface area contributed by atoms with E-state index in [0.29, 0.717) is 50.3 Å². The van der Waals surface area contributed by atoms with Crippen LogP contribution in [0.15, 0.2) is 6.07 Å². The lowest BCUT2D eigenvalue weighted by molar-refractivity contribution is 0.193. The number of piperazine rings is 1. The van der Waals surface area contributed by atoms with Gasteiger partial charge in [0, 0.05) is 38.4 Å². The van der Waals surface area contributed by atoms with E-state index in [0.717, 1.165) is 12.1 Å². The number of hydrogen-bond acceptors (Lipinski definition) is 5. The lowest BCUT2D eigenvalue weighted by Crippen LogP contribution is -2.52. The number of carbonyl (C=O) groups excluding carboxylic acids is 1. The van der Waals surface area contributed by atoms with E-state index in [1.165, 1.54) is 0 Å². The Morgan fingerprint density at radius 1 is 1.35 bits per heavy atom. The summed E-state index contributed by atoms with van der Waals surface area (Å²) >= 11 is 0. The quantitative estimate of drug-likeness (QED) is 0.910. The molecule has 0 saturated carbocycles. The third-order valence-corrected chi connectivity index (χ3v) is 3.80. The van der Waals surface area contributed by atoms with E-state index < -0.39 is 0 Å². The van der Waals surface area contributed by atoms with E-state index in [-0.39, 0.29) is 6.03 Å². The van der Waals surface area contributed by atoms with Crippen molar-refractivity contribution in [2.24, 2.45) is 5.92 Å². The van der Waals surface area contributed by atoms with E-state index in [1.54, 1.807) is 6.07 Å². The zero-order chi connectivity index (χ0) is 16.8. The van der Waals surface area contributed by atoms with Gasteiger partial charge in [-0.3, -0.25) is 0 Å². The molecule has 1 aliphatic rings. The summed E-state index contributed by atoms with van der Waals surface area (Å²) in [5, 5.41) is 12.0. The van der Waals surface area contributed by atoms with Crippen molar-refractivity contribution >= 4 is 12.0 Å². The summed E-state index contributed by atoms with van der Waals surface area (Å²) in [7, 11) is 0. The number of carbonyl (C=O) groups is 1. The Kier molecular flexibility index (Phi) is 5.74. The van der Waals surface area contributed by atoms with Gasteiger partial charge in [0.25, 0.3) is 0 Å². The molecule has 1 aliphatic heterocycles. The SMILES string of the molecule is Cc1cc(C#N)nc(N2CCN(C(=O)NCCC(C)C)CC2)n1. The number of nitrogens with one attached hydrogen (secondary N) is 1. The number of hydrogen-bond donors (Lipinski definition) is 1. The summed E-state index contributed by atoms with van der Waals surface area (Å²) in [5.74, 6) is 1.15. The maximum Gasteiger partial charge on any atom is 0.317 e. The predicted octanol–water partition coefficient (Wildman–Crippen LogP) is 1.53. The second-order valence-corrected chi connectivity index (χ2v) is 6.19. The standard InChI is InChI=1S/C16H24N6O/c1-12(2)4-5-18-16(23)22-8-6-21(7-9-22)15-19-13(3)10-14(11-17)20-15/h10,12H,4-9H2,1-3H3,(H,18,23). The van der Waals surface area contributed by atoms with Crippen LogP contribution in [0.25, 0.3) is 0 Å². The Balaban J connectivity index is 1.87. The highest BCUT2D eigenvalue weighted by Crippen LogP contribution is 2.13. The van der Waals surface area contributed by atoms with Gasteiger partial charge < -0.3 is 15.1 Å². The van der Waals surface area contributed by atoms with Crippen molar-refractivity contribution in [2.45, 2.75) is 27.2 Å². The number of aromatic nitrogens is 2. The first kappa shape index (κ1) is 17.0. The summed E-state index contributed by atoms with van der Waals surface area (Å²) in [6, 6.07) is 3.72. The van der Waals surface area contributed by atoms with Gasteiger partial charge in [-0.1, -0.05) is 13.8 Å². The molecule has 2 amide bonds. The van der Waals surface area contributed by atoms with Gasteiger partial charge in [-0.25, -0.2) is 14.8 Å². The molecule has 1 saturated heterocycles. The molecule has 7 nitrogen and oxygen atoms in total. The monoisotopic (exact) mass is 316 g/mol. The van der Waals surface area contributed by atoms with Crippen LogP contribution in [0.4, 0.5) is 10.7 Å². The maximum atomic E-state index is 12.1. The zero-order valence-electron chi connectivity index (χ0n) is 14.0. The first-order chi connectivity index (χ1) is 11.0. The van der Waals surface area contributed by atoms with Crippen LogP contribution in [0, 0.1) is 24.2 Å². The molecular formula is C16H24N6O. The van der Waals surface area contributed by atoms with Crippen LogP contribution in [-0.2, 0) is 0 Å². The molecule has 124 valence electrons. The van der Waals surface area contributed by atoms with Gasteiger partial charge >= 0.3 is 6.03 Å². The second-order valence-electron chi connectivity index (χ2n) is 6.19. The fourth-order valence-electron chi connectivity index (χ4n) is 2.44. The van der Waals surface area contributed by atoms with Crippen LogP contribution in [0.1, 0.15) is 31.7 Å². The minimum absolute atomic E-state index is 0.00632. The molecule has 2 heterocycles. The fraction of sp³-hybridized carbons (Fsp3) is 0.625. The molecule has 0 unspecified atom stereocenters. The lowest BCUT2D eigenvalue weighted by atomic mass is 10.1. The minimum atomic E-state index is -0.00632. The lowest BCUT2D eigenvalue weighted by Gasteiger charge is -2.34. The van der Waals surface area contributed by atoms with Crippen LogP contribution < -0.4 is 10.2 Å². The average molecular weight is 316 g/mol. The number of anilines is 1. The van der Waals surface area contributed by atoms with Crippen molar-refractivity contribution < 1.29 is 4.79 Å². The van der Waals surface area contributed by atoms with Crippen LogP contribution >= 0.6 is 0 Å². The number of rotatable bonds is 4. The van der Waals surface area contributed by atoms with Crippen molar-refractivity contribution in [3.8, 4) is 6.07 Å². The first-order valence-corrected chi connectivity index (χ1v) is 8.03. The number of nitriles is 1. The number of nitrogens with zero attached hydrogens (tertiary/aromatic N) is 5. The molecule has 1 fully saturated rings. The largest absolute Gasteiger partial charge is 0.338 e. The van der Waals surface area contributed by atoms with Gasteiger partial charge in [0.05, 0.1) is 0 Å². The highest BCUT2D eigenvalue weighted by molar-refractivity contribution is 5.74. The summed E-state index contributed by atoms with van der Waals surface area (Å²) in [6.07, 6.45) is 0.986. The molecule has 0 aliphatic carbocycles. The molecule has 1 aromatic heterocycles. The van der Waals surface area contributed by atoms with Crippen LogP contribution in [-0.4, -0.2) is 53.6 Å². The van der Waals surface area contributed by atoms with Gasteiger partial charge in [-0.2, -0.15) is 5.26 Å². The summed E-state index contributed by atoms with van der Waals surface area (Å²) in [5.41, 5.74) is 1.15. The fourth-order valence-corrected chi connectivity index (χ4v) is 2.44. The van der Waals surface area contributed by atoms with Gasteiger partial charge in [0.2, 0.25) is 5.95 Å².